The monoisotopic (exact) mass is 685 g/mol. The molecular weight excluding hydrogens is 651 g/mol. The van der Waals surface area contributed by atoms with Gasteiger partial charge in [0.25, 0.3) is 11.8 Å². The van der Waals surface area contributed by atoms with Crippen molar-refractivity contribution in [3.63, 3.8) is 0 Å². The van der Waals surface area contributed by atoms with Gasteiger partial charge in [-0.2, -0.15) is 0 Å². The Kier molecular flexibility index (Phi) is 9.90. The van der Waals surface area contributed by atoms with Gasteiger partial charge < -0.3 is 10.6 Å². The minimum absolute atomic E-state index is 0.00136. The van der Waals surface area contributed by atoms with Gasteiger partial charge in [-0.05, 0) is 71.7 Å². The standard InChI is InChI=1S/C44H35N3O3S/c1-2-41(44(50)47-39-22-11-9-20-36(39)37-21-10-12-23-40(37)47)51-35-19-13-18-34(29-35)45-43(49)38(46-42(48)33-16-7-4-8-17-33)28-30-24-26-32(27-25-30)31-14-5-3-6-15-31/h3-29,41H,2H2,1H3,(H,45,49)(H,46,48)/b38-28+. The highest BCUT2D eigenvalue weighted by molar-refractivity contribution is 8.00. The van der Waals surface area contributed by atoms with Crippen LogP contribution < -0.4 is 10.6 Å². The highest BCUT2D eigenvalue weighted by atomic mass is 32.2. The first-order valence-electron chi connectivity index (χ1n) is 16.8. The van der Waals surface area contributed by atoms with Crippen LogP contribution in [0.1, 0.15) is 34.1 Å². The Hall–Kier alpha value is -6.18. The molecular formula is C44H35N3O3S. The van der Waals surface area contributed by atoms with E-state index >= 15 is 0 Å². The van der Waals surface area contributed by atoms with Gasteiger partial charge in [0, 0.05) is 26.9 Å². The van der Waals surface area contributed by atoms with Crippen molar-refractivity contribution >= 4 is 63.1 Å². The first-order valence-corrected chi connectivity index (χ1v) is 17.7. The van der Waals surface area contributed by atoms with Gasteiger partial charge >= 0.3 is 0 Å². The average molecular weight is 686 g/mol. The molecule has 1 unspecified atom stereocenters. The van der Waals surface area contributed by atoms with E-state index in [2.05, 4.69) is 10.6 Å². The van der Waals surface area contributed by atoms with E-state index in [1.165, 1.54) is 11.8 Å². The van der Waals surface area contributed by atoms with Crippen LogP contribution in [-0.4, -0.2) is 27.5 Å². The van der Waals surface area contributed by atoms with Crippen LogP contribution in [0.15, 0.2) is 168 Å². The average Bonchev–Trinajstić information content (AvgIpc) is 3.52. The van der Waals surface area contributed by atoms with E-state index in [0.29, 0.717) is 17.7 Å². The fourth-order valence-corrected chi connectivity index (χ4v) is 7.19. The number of rotatable bonds is 10. The lowest BCUT2D eigenvalue weighted by Gasteiger charge is -2.17. The number of hydrogen-bond acceptors (Lipinski definition) is 4. The van der Waals surface area contributed by atoms with Crippen molar-refractivity contribution in [3.8, 4) is 11.1 Å². The van der Waals surface area contributed by atoms with E-state index in [-0.39, 0.29) is 16.9 Å². The molecule has 1 aromatic heterocycles. The summed E-state index contributed by atoms with van der Waals surface area (Å²) in [6.07, 6.45) is 2.28. The number of nitrogens with zero attached hydrogens (tertiary/aromatic N) is 1. The van der Waals surface area contributed by atoms with Gasteiger partial charge in [0.05, 0.1) is 16.3 Å². The Morgan fingerprint density at radius 2 is 1.25 bits per heavy atom. The quantitative estimate of drug-likeness (QED) is 0.111. The number of fused-ring (bicyclic) bond motifs is 3. The summed E-state index contributed by atoms with van der Waals surface area (Å²) in [5.74, 6) is -0.861. The van der Waals surface area contributed by atoms with E-state index in [4.69, 9.17) is 0 Å². The first kappa shape index (κ1) is 33.3. The fraction of sp³-hybridized carbons (Fsp3) is 0.0682. The third-order valence-corrected chi connectivity index (χ3v) is 10.0. The fourth-order valence-electron chi connectivity index (χ4n) is 6.13. The maximum absolute atomic E-state index is 14.1. The Morgan fingerprint density at radius 3 is 1.90 bits per heavy atom. The molecule has 2 amide bonds. The van der Waals surface area contributed by atoms with Crippen LogP contribution in [0.2, 0.25) is 0 Å². The Morgan fingerprint density at radius 1 is 0.667 bits per heavy atom. The van der Waals surface area contributed by atoms with E-state index < -0.39 is 11.8 Å². The van der Waals surface area contributed by atoms with E-state index in [1.807, 2.05) is 139 Å². The van der Waals surface area contributed by atoms with Crippen molar-refractivity contribution in [2.45, 2.75) is 23.5 Å². The second kappa shape index (κ2) is 15.2. The van der Waals surface area contributed by atoms with Gasteiger partial charge in [-0.25, -0.2) is 0 Å². The third kappa shape index (κ3) is 7.39. The molecule has 0 aliphatic heterocycles. The number of thioether (sulfide) groups is 1. The Balaban J connectivity index is 1.13. The highest BCUT2D eigenvalue weighted by Crippen LogP contribution is 2.33. The largest absolute Gasteiger partial charge is 0.321 e. The molecule has 7 heteroatoms. The summed E-state index contributed by atoms with van der Waals surface area (Å²) in [7, 11) is 0. The van der Waals surface area contributed by atoms with Crippen LogP contribution in [0, 0.1) is 0 Å². The van der Waals surface area contributed by atoms with Gasteiger partial charge in [-0.15, -0.1) is 11.8 Å². The molecule has 7 rings (SSSR count). The second-order valence-electron chi connectivity index (χ2n) is 12.1. The maximum Gasteiger partial charge on any atom is 0.272 e. The summed E-state index contributed by atoms with van der Waals surface area (Å²) in [6, 6.07) is 50.0. The highest BCUT2D eigenvalue weighted by Gasteiger charge is 2.24. The van der Waals surface area contributed by atoms with Crippen molar-refractivity contribution in [1.82, 2.24) is 9.88 Å². The zero-order valence-electron chi connectivity index (χ0n) is 28.0. The predicted octanol–water partition coefficient (Wildman–Crippen LogP) is 10.1. The molecule has 0 aliphatic rings. The lowest BCUT2D eigenvalue weighted by Crippen LogP contribution is -2.30. The lowest BCUT2D eigenvalue weighted by atomic mass is 10.0. The summed E-state index contributed by atoms with van der Waals surface area (Å²) < 4.78 is 1.83. The zero-order chi connectivity index (χ0) is 35.2. The normalized spacial score (nSPS) is 12.1. The molecule has 6 aromatic carbocycles. The maximum atomic E-state index is 14.1. The molecule has 51 heavy (non-hydrogen) atoms. The van der Waals surface area contributed by atoms with Gasteiger partial charge in [-0.3, -0.25) is 19.0 Å². The topological polar surface area (TPSA) is 80.2 Å². The number of carbonyl (C=O) groups excluding carboxylic acids is 3. The predicted molar refractivity (Wildman–Crippen MR) is 209 cm³/mol. The number of nitrogens with one attached hydrogen (secondary N) is 2. The molecule has 0 bridgehead atoms. The van der Waals surface area contributed by atoms with Crippen molar-refractivity contribution in [3.05, 3.63) is 175 Å². The van der Waals surface area contributed by atoms with Crippen LogP contribution in [0.25, 0.3) is 39.0 Å². The molecule has 6 nitrogen and oxygen atoms in total. The molecule has 0 spiro atoms. The molecule has 0 saturated carbocycles. The summed E-state index contributed by atoms with van der Waals surface area (Å²) in [4.78, 5) is 42.0. The number of carbonyl (C=O) groups is 3. The Labute approximate surface area is 300 Å². The lowest BCUT2D eigenvalue weighted by molar-refractivity contribution is -0.113. The van der Waals surface area contributed by atoms with Crippen molar-refractivity contribution in [2.75, 3.05) is 5.32 Å². The summed E-state index contributed by atoms with van der Waals surface area (Å²) >= 11 is 1.47. The number of anilines is 1. The van der Waals surface area contributed by atoms with E-state index in [0.717, 1.165) is 43.4 Å². The Bertz CT molecular complexity index is 2330. The molecule has 1 atom stereocenters. The van der Waals surface area contributed by atoms with E-state index in [9.17, 15) is 14.4 Å². The van der Waals surface area contributed by atoms with Gasteiger partial charge in [0.2, 0.25) is 5.91 Å². The van der Waals surface area contributed by atoms with Crippen LogP contribution in [-0.2, 0) is 4.79 Å². The first-order chi connectivity index (χ1) is 25.0. The molecule has 0 radical (unpaired) electrons. The zero-order valence-corrected chi connectivity index (χ0v) is 28.8. The molecule has 0 aliphatic carbocycles. The molecule has 2 N–H and O–H groups in total. The molecule has 7 aromatic rings. The SMILES string of the molecule is CCC(Sc1cccc(NC(=O)/C(=C\c2ccc(-c3ccccc3)cc2)NC(=O)c2ccccc2)c1)C(=O)n1c2ccccc2c2ccccc21. The minimum Gasteiger partial charge on any atom is -0.321 e. The van der Waals surface area contributed by atoms with Crippen LogP contribution in [0.3, 0.4) is 0 Å². The number of benzene rings is 6. The second-order valence-corrected chi connectivity index (χ2v) is 13.3. The molecule has 1 heterocycles. The number of para-hydroxylation sites is 2. The summed E-state index contributed by atoms with van der Waals surface area (Å²) in [5, 5.41) is 7.51. The van der Waals surface area contributed by atoms with Crippen molar-refractivity contribution in [2.24, 2.45) is 0 Å². The number of hydrogen-bond donors (Lipinski definition) is 2. The van der Waals surface area contributed by atoms with Crippen LogP contribution in [0.4, 0.5) is 5.69 Å². The molecule has 0 saturated heterocycles. The van der Waals surface area contributed by atoms with Crippen LogP contribution in [0.5, 0.6) is 0 Å². The van der Waals surface area contributed by atoms with Crippen molar-refractivity contribution in [1.29, 1.82) is 0 Å². The number of aromatic nitrogens is 1. The molecule has 0 fully saturated rings. The van der Waals surface area contributed by atoms with Gasteiger partial charge in [0.15, 0.2) is 0 Å². The van der Waals surface area contributed by atoms with Gasteiger partial charge in [-0.1, -0.05) is 122 Å². The number of amides is 2. The van der Waals surface area contributed by atoms with Crippen LogP contribution >= 0.6 is 11.8 Å². The summed E-state index contributed by atoms with van der Waals surface area (Å²) in [6.45, 7) is 2.01. The summed E-state index contributed by atoms with van der Waals surface area (Å²) in [5.41, 5.74) is 5.74. The molecule has 250 valence electrons. The minimum atomic E-state index is -0.470. The third-order valence-electron chi connectivity index (χ3n) is 8.67. The van der Waals surface area contributed by atoms with Crippen molar-refractivity contribution < 1.29 is 14.4 Å². The van der Waals surface area contributed by atoms with E-state index in [1.54, 1.807) is 36.4 Å². The van der Waals surface area contributed by atoms with Gasteiger partial charge in [0.1, 0.15) is 5.70 Å². The smallest absolute Gasteiger partial charge is 0.272 e.